The van der Waals surface area contributed by atoms with E-state index in [1.807, 2.05) is 63.9 Å². The molecule has 1 amide bonds. The van der Waals surface area contributed by atoms with Gasteiger partial charge in [-0.05, 0) is 67.0 Å². The van der Waals surface area contributed by atoms with Crippen LogP contribution >= 0.6 is 24.0 Å². The van der Waals surface area contributed by atoms with E-state index in [0.717, 1.165) is 35.0 Å². The van der Waals surface area contributed by atoms with Crippen LogP contribution in [0.4, 0.5) is 0 Å². The molecular weight excluding hydrogens is 458 g/mol. The molecule has 33 heavy (non-hydrogen) atoms. The number of aromatic nitrogens is 6. The van der Waals surface area contributed by atoms with Gasteiger partial charge in [0.25, 0.3) is 0 Å². The second kappa shape index (κ2) is 10.6. The highest BCUT2D eigenvalue weighted by Gasteiger charge is 2.20. The van der Waals surface area contributed by atoms with Crippen molar-refractivity contribution in [2.24, 2.45) is 0 Å². The molecule has 0 aliphatic rings. The van der Waals surface area contributed by atoms with E-state index in [2.05, 4.69) is 25.7 Å². The molecule has 3 aromatic heterocycles. The van der Waals surface area contributed by atoms with Gasteiger partial charge in [-0.2, -0.15) is 16.9 Å². The normalized spacial score (nSPS) is 12.1. The van der Waals surface area contributed by atoms with Gasteiger partial charge < -0.3 is 10.1 Å². The number of nitrogens with one attached hydrogen (secondary N) is 2. The fraction of sp³-hybridized carbons (Fsp3) is 0.318. The second-order valence-corrected chi connectivity index (χ2v) is 8.74. The SMILES string of the molecule is COc1ccc(-c2n[nH]c(=S)n2CCC(=O)NC(CCSC)c2nnc3ccccn23)cc1. The van der Waals surface area contributed by atoms with Gasteiger partial charge in [0.05, 0.1) is 13.2 Å². The van der Waals surface area contributed by atoms with Crippen molar-refractivity contribution in [3.63, 3.8) is 0 Å². The third-order valence-electron chi connectivity index (χ3n) is 5.27. The van der Waals surface area contributed by atoms with Crippen LogP contribution in [-0.4, -0.2) is 54.4 Å². The number of carbonyl (C=O) groups excluding carboxylic acids is 1. The number of hydrogen-bond donors (Lipinski definition) is 2. The Morgan fingerprint density at radius 3 is 2.82 bits per heavy atom. The number of H-pyrrole nitrogens is 1. The van der Waals surface area contributed by atoms with Crippen LogP contribution in [0.2, 0.25) is 0 Å². The van der Waals surface area contributed by atoms with E-state index in [4.69, 9.17) is 17.0 Å². The maximum Gasteiger partial charge on any atom is 0.222 e. The van der Waals surface area contributed by atoms with Crippen LogP contribution < -0.4 is 10.1 Å². The quantitative estimate of drug-likeness (QED) is 0.332. The number of nitrogens with zero attached hydrogens (tertiary/aromatic N) is 5. The average Bonchev–Trinajstić information content (AvgIpc) is 3.44. The highest BCUT2D eigenvalue weighted by Crippen LogP contribution is 2.22. The maximum absolute atomic E-state index is 12.9. The van der Waals surface area contributed by atoms with Crippen molar-refractivity contribution in [3.8, 4) is 17.1 Å². The summed E-state index contributed by atoms with van der Waals surface area (Å²) in [6, 6.07) is 13.1. The number of aromatic amines is 1. The molecule has 0 aliphatic carbocycles. The Hall–Kier alpha value is -3.18. The Labute approximate surface area is 200 Å². The first-order valence-electron chi connectivity index (χ1n) is 10.5. The zero-order valence-corrected chi connectivity index (χ0v) is 20.0. The minimum Gasteiger partial charge on any atom is -0.497 e. The molecule has 0 saturated carbocycles. The van der Waals surface area contributed by atoms with Crippen LogP contribution in [0.25, 0.3) is 17.0 Å². The molecule has 0 aliphatic heterocycles. The number of fused-ring (bicyclic) bond motifs is 1. The first kappa shape index (κ1) is 23.0. The zero-order chi connectivity index (χ0) is 23.2. The largest absolute Gasteiger partial charge is 0.497 e. The molecule has 1 aromatic carbocycles. The average molecular weight is 484 g/mol. The first-order valence-corrected chi connectivity index (χ1v) is 12.3. The molecule has 0 saturated heterocycles. The Morgan fingerprint density at radius 2 is 2.06 bits per heavy atom. The number of benzene rings is 1. The third-order valence-corrected chi connectivity index (χ3v) is 6.22. The molecule has 0 fully saturated rings. The minimum absolute atomic E-state index is 0.0856. The van der Waals surface area contributed by atoms with Gasteiger partial charge in [-0.15, -0.1) is 10.2 Å². The fourth-order valence-corrected chi connectivity index (χ4v) is 4.26. The number of hydrogen-bond acceptors (Lipinski definition) is 7. The predicted molar refractivity (Wildman–Crippen MR) is 131 cm³/mol. The zero-order valence-electron chi connectivity index (χ0n) is 18.4. The van der Waals surface area contributed by atoms with Crippen molar-refractivity contribution in [1.29, 1.82) is 0 Å². The summed E-state index contributed by atoms with van der Waals surface area (Å²) in [4.78, 5) is 12.9. The fourth-order valence-electron chi connectivity index (χ4n) is 3.56. The minimum atomic E-state index is -0.235. The summed E-state index contributed by atoms with van der Waals surface area (Å²) >= 11 is 7.13. The van der Waals surface area contributed by atoms with Crippen LogP contribution in [0, 0.1) is 4.77 Å². The molecule has 0 radical (unpaired) electrons. The standard InChI is InChI=1S/C22H25N7O2S2/c1-31-16-8-6-15(7-9-16)20-25-27-22(32)29(20)13-10-19(30)23-17(11-14-33-2)21-26-24-18-5-3-4-12-28(18)21/h3-9,12,17H,10-11,13-14H2,1-2H3,(H,23,30)(H,27,32). The van der Waals surface area contributed by atoms with Gasteiger partial charge in [0.1, 0.15) is 5.75 Å². The molecule has 0 bridgehead atoms. The summed E-state index contributed by atoms with van der Waals surface area (Å²) in [6.45, 7) is 0.401. The number of ether oxygens (including phenoxy) is 1. The number of thioether (sulfide) groups is 1. The van der Waals surface area contributed by atoms with E-state index in [1.54, 1.807) is 18.9 Å². The van der Waals surface area contributed by atoms with Gasteiger partial charge in [-0.3, -0.25) is 18.9 Å². The molecule has 4 rings (SSSR count). The number of methoxy groups -OCH3 is 1. The van der Waals surface area contributed by atoms with E-state index in [9.17, 15) is 4.79 Å². The van der Waals surface area contributed by atoms with Crippen molar-refractivity contribution in [2.75, 3.05) is 19.1 Å². The second-order valence-electron chi connectivity index (χ2n) is 7.37. The lowest BCUT2D eigenvalue weighted by Gasteiger charge is -2.17. The Morgan fingerprint density at radius 1 is 1.24 bits per heavy atom. The third kappa shape index (κ3) is 5.25. The van der Waals surface area contributed by atoms with Crippen molar-refractivity contribution in [3.05, 3.63) is 59.3 Å². The summed E-state index contributed by atoms with van der Waals surface area (Å²) < 4.78 is 9.44. The summed E-state index contributed by atoms with van der Waals surface area (Å²) in [5.41, 5.74) is 1.64. The molecule has 11 heteroatoms. The summed E-state index contributed by atoms with van der Waals surface area (Å²) in [6.07, 6.45) is 4.96. The molecule has 2 N–H and O–H groups in total. The maximum atomic E-state index is 12.9. The first-order chi connectivity index (χ1) is 16.1. The van der Waals surface area contributed by atoms with Gasteiger partial charge >= 0.3 is 0 Å². The van der Waals surface area contributed by atoms with Crippen molar-refractivity contribution in [2.45, 2.75) is 25.4 Å². The molecular formula is C22H25N7O2S2. The van der Waals surface area contributed by atoms with Crippen molar-refractivity contribution >= 4 is 35.5 Å². The lowest BCUT2D eigenvalue weighted by molar-refractivity contribution is -0.122. The number of carbonyl (C=O) groups is 1. The van der Waals surface area contributed by atoms with Crippen LogP contribution in [0.1, 0.15) is 24.7 Å². The number of rotatable bonds is 10. The molecule has 1 atom stereocenters. The number of pyridine rings is 1. The van der Waals surface area contributed by atoms with Gasteiger partial charge in [0, 0.05) is 24.7 Å². The lowest BCUT2D eigenvalue weighted by atomic mass is 10.2. The highest BCUT2D eigenvalue weighted by molar-refractivity contribution is 7.98. The molecule has 172 valence electrons. The Balaban J connectivity index is 1.48. The van der Waals surface area contributed by atoms with Gasteiger partial charge in [-0.25, -0.2) is 0 Å². The molecule has 4 aromatic rings. The highest BCUT2D eigenvalue weighted by atomic mass is 32.2. The predicted octanol–water partition coefficient (Wildman–Crippen LogP) is 3.66. The van der Waals surface area contributed by atoms with E-state index in [-0.39, 0.29) is 18.4 Å². The van der Waals surface area contributed by atoms with Crippen LogP contribution in [0.5, 0.6) is 5.75 Å². The van der Waals surface area contributed by atoms with E-state index in [0.29, 0.717) is 17.1 Å². The van der Waals surface area contributed by atoms with Crippen LogP contribution in [0.3, 0.4) is 0 Å². The van der Waals surface area contributed by atoms with Crippen molar-refractivity contribution < 1.29 is 9.53 Å². The monoisotopic (exact) mass is 483 g/mol. The number of amides is 1. The smallest absolute Gasteiger partial charge is 0.222 e. The van der Waals surface area contributed by atoms with Crippen LogP contribution in [0.15, 0.2) is 48.7 Å². The lowest BCUT2D eigenvalue weighted by Crippen LogP contribution is -2.31. The molecule has 1 unspecified atom stereocenters. The van der Waals surface area contributed by atoms with Gasteiger partial charge in [0.2, 0.25) is 5.91 Å². The van der Waals surface area contributed by atoms with E-state index in [1.165, 1.54) is 0 Å². The Kier molecular flexibility index (Phi) is 7.40. The van der Waals surface area contributed by atoms with E-state index >= 15 is 0 Å². The van der Waals surface area contributed by atoms with Crippen LogP contribution in [-0.2, 0) is 11.3 Å². The summed E-state index contributed by atoms with van der Waals surface area (Å²) in [7, 11) is 1.62. The molecule has 0 spiro atoms. The van der Waals surface area contributed by atoms with E-state index < -0.39 is 0 Å². The summed E-state index contributed by atoms with van der Waals surface area (Å²) in [5.74, 6) is 2.97. The molecule has 9 nitrogen and oxygen atoms in total. The van der Waals surface area contributed by atoms with Gasteiger partial charge in [-0.1, -0.05) is 6.07 Å². The molecule has 3 heterocycles. The van der Waals surface area contributed by atoms with Gasteiger partial charge in [0.15, 0.2) is 22.1 Å². The topological polar surface area (TPSA) is 102 Å². The van der Waals surface area contributed by atoms with Crippen molar-refractivity contribution in [1.82, 2.24) is 34.7 Å². The summed E-state index contributed by atoms with van der Waals surface area (Å²) in [5, 5.41) is 18.9. The Bertz CT molecular complexity index is 1280.